The van der Waals surface area contributed by atoms with Crippen LogP contribution in [0.3, 0.4) is 0 Å². The van der Waals surface area contributed by atoms with Gasteiger partial charge >= 0.3 is 5.97 Å². The summed E-state index contributed by atoms with van der Waals surface area (Å²) in [6.07, 6.45) is 0.0908. The number of amides is 2. The van der Waals surface area contributed by atoms with Crippen molar-refractivity contribution in [2.75, 3.05) is 12.0 Å². The molecule has 22 heavy (non-hydrogen) atoms. The first-order valence-corrected chi connectivity index (χ1v) is 6.75. The van der Waals surface area contributed by atoms with Crippen molar-refractivity contribution in [2.45, 2.75) is 6.42 Å². The zero-order valence-corrected chi connectivity index (χ0v) is 11.9. The molecule has 0 spiro atoms. The van der Waals surface area contributed by atoms with Crippen LogP contribution in [0.25, 0.3) is 0 Å². The van der Waals surface area contributed by atoms with Gasteiger partial charge in [0, 0.05) is 0 Å². The summed E-state index contributed by atoms with van der Waals surface area (Å²) in [6, 6.07) is 13.5. The van der Waals surface area contributed by atoms with Crippen LogP contribution >= 0.6 is 0 Å². The molecule has 0 saturated carbocycles. The average molecular weight is 295 g/mol. The van der Waals surface area contributed by atoms with Crippen molar-refractivity contribution < 1.29 is 19.1 Å². The number of esters is 1. The molecule has 0 N–H and O–H groups in total. The van der Waals surface area contributed by atoms with Gasteiger partial charge in [0.25, 0.3) is 11.8 Å². The van der Waals surface area contributed by atoms with Gasteiger partial charge in [0.05, 0.1) is 30.3 Å². The lowest BCUT2D eigenvalue weighted by atomic mass is 10.1. The molecule has 2 amide bonds. The molecule has 0 unspecified atom stereocenters. The number of methoxy groups -OCH3 is 1. The molecule has 1 aliphatic heterocycles. The normalized spacial score (nSPS) is 13.2. The number of carbonyl (C=O) groups excluding carboxylic acids is 3. The third-order valence-corrected chi connectivity index (χ3v) is 3.54. The van der Waals surface area contributed by atoms with E-state index in [1.807, 2.05) is 0 Å². The average Bonchev–Trinajstić information content (AvgIpc) is 2.79. The van der Waals surface area contributed by atoms with E-state index in [2.05, 4.69) is 4.74 Å². The lowest BCUT2D eigenvalue weighted by Crippen LogP contribution is -2.29. The van der Waals surface area contributed by atoms with Gasteiger partial charge in [-0.05, 0) is 29.8 Å². The Morgan fingerprint density at radius 2 is 1.64 bits per heavy atom. The molecule has 2 aromatic carbocycles. The van der Waals surface area contributed by atoms with Crippen molar-refractivity contribution in [1.29, 1.82) is 0 Å². The molecule has 0 atom stereocenters. The van der Waals surface area contributed by atoms with E-state index < -0.39 is 0 Å². The molecule has 0 fully saturated rings. The smallest absolute Gasteiger partial charge is 0.309 e. The van der Waals surface area contributed by atoms with Crippen LogP contribution in [0.2, 0.25) is 0 Å². The standard InChI is InChI=1S/C17H13NO4/c1-22-15(19)10-11-5-4-6-12(9-11)18-16(20)13-7-2-3-8-14(13)17(18)21/h2-9H,10H2,1H3. The minimum Gasteiger partial charge on any atom is -0.469 e. The molecule has 1 aliphatic rings. The Balaban J connectivity index is 1.96. The monoisotopic (exact) mass is 295 g/mol. The van der Waals surface area contributed by atoms with Gasteiger partial charge in [-0.25, -0.2) is 4.90 Å². The molecule has 0 bridgehead atoms. The van der Waals surface area contributed by atoms with Crippen LogP contribution in [0.15, 0.2) is 48.5 Å². The number of nitrogens with zero attached hydrogens (tertiary/aromatic N) is 1. The lowest BCUT2D eigenvalue weighted by molar-refractivity contribution is -0.139. The van der Waals surface area contributed by atoms with Crippen molar-refractivity contribution in [1.82, 2.24) is 0 Å². The second kappa shape index (κ2) is 5.44. The topological polar surface area (TPSA) is 63.7 Å². The lowest BCUT2D eigenvalue weighted by Gasteiger charge is -2.14. The van der Waals surface area contributed by atoms with Gasteiger partial charge in [-0.15, -0.1) is 0 Å². The van der Waals surface area contributed by atoms with E-state index in [9.17, 15) is 14.4 Å². The molecule has 3 rings (SSSR count). The van der Waals surface area contributed by atoms with Crippen LogP contribution in [-0.4, -0.2) is 24.9 Å². The van der Waals surface area contributed by atoms with Gasteiger partial charge < -0.3 is 4.74 Å². The van der Waals surface area contributed by atoms with Gasteiger partial charge in [0.15, 0.2) is 0 Å². The van der Waals surface area contributed by atoms with E-state index in [4.69, 9.17) is 0 Å². The fraction of sp³-hybridized carbons (Fsp3) is 0.118. The Morgan fingerprint density at radius 1 is 1.00 bits per heavy atom. The summed E-state index contributed by atoms with van der Waals surface area (Å²) in [7, 11) is 1.32. The summed E-state index contributed by atoms with van der Waals surface area (Å²) in [5, 5.41) is 0. The largest absolute Gasteiger partial charge is 0.469 e. The van der Waals surface area contributed by atoms with Crippen molar-refractivity contribution in [3.05, 3.63) is 65.2 Å². The second-order valence-corrected chi connectivity index (χ2v) is 4.91. The molecule has 0 radical (unpaired) electrons. The highest BCUT2D eigenvalue weighted by Gasteiger charge is 2.36. The number of hydrogen-bond acceptors (Lipinski definition) is 4. The van der Waals surface area contributed by atoms with Crippen LogP contribution in [0, 0.1) is 0 Å². The number of benzene rings is 2. The zero-order valence-electron chi connectivity index (χ0n) is 11.9. The van der Waals surface area contributed by atoms with Gasteiger partial charge in [-0.1, -0.05) is 24.3 Å². The number of imide groups is 1. The number of ether oxygens (including phenoxy) is 1. The minimum atomic E-state index is -0.375. The van der Waals surface area contributed by atoms with E-state index in [1.165, 1.54) is 7.11 Å². The highest BCUT2D eigenvalue weighted by Crippen LogP contribution is 2.28. The fourth-order valence-corrected chi connectivity index (χ4v) is 2.47. The molecule has 5 heteroatoms. The summed E-state index contributed by atoms with van der Waals surface area (Å²) in [4.78, 5) is 37.3. The zero-order chi connectivity index (χ0) is 15.7. The number of fused-ring (bicyclic) bond motifs is 1. The molecular formula is C17H13NO4. The summed E-state index contributed by atoms with van der Waals surface area (Å²) in [6.45, 7) is 0. The number of hydrogen-bond donors (Lipinski definition) is 0. The van der Waals surface area contributed by atoms with Crippen molar-refractivity contribution in [3.8, 4) is 0 Å². The maximum atomic E-state index is 12.4. The first-order chi connectivity index (χ1) is 10.6. The van der Waals surface area contributed by atoms with E-state index in [1.54, 1.807) is 48.5 Å². The fourth-order valence-electron chi connectivity index (χ4n) is 2.47. The third kappa shape index (κ3) is 2.26. The second-order valence-electron chi connectivity index (χ2n) is 4.91. The molecule has 110 valence electrons. The highest BCUT2D eigenvalue weighted by molar-refractivity contribution is 6.34. The Morgan fingerprint density at radius 3 is 2.23 bits per heavy atom. The van der Waals surface area contributed by atoms with Crippen molar-refractivity contribution >= 4 is 23.5 Å². The molecular weight excluding hydrogens is 282 g/mol. The van der Waals surface area contributed by atoms with Crippen LogP contribution in [0.1, 0.15) is 26.3 Å². The molecule has 0 saturated heterocycles. The highest BCUT2D eigenvalue weighted by atomic mass is 16.5. The SMILES string of the molecule is COC(=O)Cc1cccc(N2C(=O)c3ccccc3C2=O)c1. The van der Waals surface area contributed by atoms with E-state index in [-0.39, 0.29) is 24.2 Å². The van der Waals surface area contributed by atoms with Crippen molar-refractivity contribution in [3.63, 3.8) is 0 Å². The maximum absolute atomic E-state index is 12.4. The van der Waals surface area contributed by atoms with Gasteiger partial charge in [0.2, 0.25) is 0 Å². The molecule has 0 aliphatic carbocycles. The molecule has 5 nitrogen and oxygen atoms in total. The van der Waals surface area contributed by atoms with Crippen LogP contribution in [0.4, 0.5) is 5.69 Å². The summed E-state index contributed by atoms with van der Waals surface area (Å²) in [5.41, 5.74) is 1.92. The van der Waals surface area contributed by atoms with Crippen LogP contribution < -0.4 is 4.90 Å². The Labute approximate surface area is 127 Å². The van der Waals surface area contributed by atoms with Crippen LogP contribution in [0.5, 0.6) is 0 Å². The van der Waals surface area contributed by atoms with E-state index in [0.717, 1.165) is 4.90 Å². The van der Waals surface area contributed by atoms with Gasteiger partial charge in [-0.3, -0.25) is 14.4 Å². The van der Waals surface area contributed by atoms with Crippen molar-refractivity contribution in [2.24, 2.45) is 0 Å². The quantitative estimate of drug-likeness (QED) is 0.643. The Hall–Kier alpha value is -2.95. The first kappa shape index (κ1) is 14.0. The van der Waals surface area contributed by atoms with Gasteiger partial charge in [-0.2, -0.15) is 0 Å². The molecule has 2 aromatic rings. The molecule has 0 aromatic heterocycles. The van der Waals surface area contributed by atoms with Crippen LogP contribution in [-0.2, 0) is 16.0 Å². The summed E-state index contributed by atoms with van der Waals surface area (Å²) in [5.74, 6) is -1.08. The number of carbonyl (C=O) groups is 3. The Kier molecular flexibility index (Phi) is 3.47. The van der Waals surface area contributed by atoms with E-state index >= 15 is 0 Å². The number of rotatable bonds is 3. The first-order valence-electron chi connectivity index (χ1n) is 6.75. The third-order valence-electron chi connectivity index (χ3n) is 3.54. The van der Waals surface area contributed by atoms with E-state index in [0.29, 0.717) is 22.4 Å². The van der Waals surface area contributed by atoms with Gasteiger partial charge in [0.1, 0.15) is 0 Å². The number of anilines is 1. The maximum Gasteiger partial charge on any atom is 0.309 e. The minimum absolute atomic E-state index is 0.0908. The summed E-state index contributed by atoms with van der Waals surface area (Å²) >= 11 is 0. The molecule has 1 heterocycles. The predicted octanol–water partition coefficient (Wildman–Crippen LogP) is 2.20. The summed E-state index contributed by atoms with van der Waals surface area (Å²) < 4.78 is 4.63. The Bertz CT molecular complexity index is 747. The predicted molar refractivity (Wildman–Crippen MR) is 79.7 cm³/mol.